The number of imidazole rings is 1. The average Bonchev–Trinajstić information content (AvgIpc) is 3.61. The number of aliphatic hydroxyl groups is 2. The van der Waals surface area contributed by atoms with E-state index in [0.29, 0.717) is 56.0 Å². The van der Waals surface area contributed by atoms with Gasteiger partial charge in [0.25, 0.3) is 5.91 Å². The molecule has 3 unspecified atom stereocenters. The van der Waals surface area contributed by atoms with Crippen molar-refractivity contribution in [2.24, 2.45) is 11.8 Å². The highest BCUT2D eigenvalue weighted by atomic mass is 16.6. The second kappa shape index (κ2) is 11.3. The number of amides is 3. The second-order valence-corrected chi connectivity index (χ2v) is 10.3. The van der Waals surface area contributed by atoms with Gasteiger partial charge in [-0.1, -0.05) is 0 Å². The molecule has 6 N–H and O–H groups in total. The van der Waals surface area contributed by atoms with Crippen LogP contribution in [0.1, 0.15) is 38.2 Å². The van der Waals surface area contributed by atoms with E-state index < -0.39 is 30.4 Å². The number of hydrogen-bond acceptors (Lipinski definition) is 11. The van der Waals surface area contributed by atoms with Crippen molar-refractivity contribution in [3.05, 3.63) is 12.2 Å². The van der Waals surface area contributed by atoms with Crippen molar-refractivity contribution in [1.82, 2.24) is 35.1 Å². The molecule has 0 aliphatic carbocycles. The molecule has 15 heteroatoms. The average molecular weight is 547 g/mol. The van der Waals surface area contributed by atoms with Gasteiger partial charge < -0.3 is 41.0 Å². The first-order valence-corrected chi connectivity index (χ1v) is 13.2. The topological polar surface area (TPSA) is 207 Å². The number of hydrogen-bond donors (Lipinski definition) is 5. The molecule has 3 amide bonds. The number of rotatable bonds is 7. The van der Waals surface area contributed by atoms with Gasteiger partial charge in [0.05, 0.1) is 12.9 Å². The number of likely N-dealkylation sites (tertiary alicyclic amines) is 1. The molecule has 39 heavy (non-hydrogen) atoms. The Bertz CT molecular complexity index is 1230. The third-order valence-corrected chi connectivity index (χ3v) is 7.47. The first-order valence-electron chi connectivity index (χ1n) is 13.2. The molecule has 3 aliphatic heterocycles. The molecule has 0 spiro atoms. The van der Waals surface area contributed by atoms with Crippen LogP contribution < -0.4 is 16.4 Å². The normalized spacial score (nSPS) is 27.6. The number of nitrogens with two attached hydrogens (primary N) is 1. The number of anilines is 1. The fourth-order valence-corrected chi connectivity index (χ4v) is 5.28. The van der Waals surface area contributed by atoms with Gasteiger partial charge >= 0.3 is 6.09 Å². The van der Waals surface area contributed by atoms with Gasteiger partial charge in [-0.3, -0.25) is 14.2 Å². The zero-order valence-electron chi connectivity index (χ0n) is 21.7. The van der Waals surface area contributed by atoms with Crippen molar-refractivity contribution in [1.29, 1.82) is 0 Å². The lowest BCUT2D eigenvalue weighted by Gasteiger charge is -2.31. The van der Waals surface area contributed by atoms with E-state index in [2.05, 4.69) is 25.6 Å². The molecule has 0 saturated carbocycles. The molecule has 15 nitrogen and oxygen atoms in total. The van der Waals surface area contributed by atoms with Crippen LogP contribution in [0.25, 0.3) is 11.2 Å². The number of nitrogens with one attached hydrogen (secondary N) is 2. The van der Waals surface area contributed by atoms with E-state index in [1.807, 2.05) is 0 Å². The highest BCUT2D eigenvalue weighted by molar-refractivity contribution is 5.83. The number of fused-ring (bicyclic) bond motifs is 1. The number of aromatic nitrogens is 4. The monoisotopic (exact) mass is 546 g/mol. The lowest BCUT2D eigenvalue weighted by atomic mass is 9.93. The SMILES string of the molecule is CCNC(=O)[C@H]1O[C@@H](n2cnc3c(N)nc(CC4CCN(C(=O)OCC5CNC(=O)C5)CC4)nc32)C(O)C1O. The van der Waals surface area contributed by atoms with Gasteiger partial charge in [0.15, 0.2) is 23.8 Å². The van der Waals surface area contributed by atoms with E-state index >= 15 is 0 Å². The van der Waals surface area contributed by atoms with E-state index in [9.17, 15) is 24.6 Å². The van der Waals surface area contributed by atoms with Crippen LogP contribution in [0.2, 0.25) is 0 Å². The molecule has 0 bridgehead atoms. The van der Waals surface area contributed by atoms with Crippen LogP contribution in [-0.4, -0.2) is 104 Å². The molecule has 3 aliphatic rings. The molecule has 5 heterocycles. The summed E-state index contributed by atoms with van der Waals surface area (Å²) >= 11 is 0. The molecule has 3 saturated heterocycles. The Morgan fingerprint density at radius 2 is 2.00 bits per heavy atom. The number of carbonyl (C=O) groups excluding carboxylic acids is 3. The van der Waals surface area contributed by atoms with Gasteiger partial charge in [0.1, 0.15) is 23.5 Å². The second-order valence-electron chi connectivity index (χ2n) is 10.3. The number of carbonyl (C=O) groups is 3. The lowest BCUT2D eigenvalue weighted by Crippen LogP contribution is -2.42. The molecule has 2 aromatic heterocycles. The highest BCUT2D eigenvalue weighted by Crippen LogP contribution is 2.32. The van der Waals surface area contributed by atoms with E-state index in [-0.39, 0.29) is 36.3 Å². The first kappa shape index (κ1) is 27.0. The number of nitrogen functional groups attached to an aromatic ring is 1. The number of piperidine rings is 1. The summed E-state index contributed by atoms with van der Waals surface area (Å²) in [4.78, 5) is 51.0. The lowest BCUT2D eigenvalue weighted by molar-refractivity contribution is -0.137. The molecular formula is C24H34N8O7. The molecular weight excluding hydrogens is 512 g/mol. The molecule has 0 aromatic carbocycles. The molecule has 212 valence electrons. The highest BCUT2D eigenvalue weighted by Gasteiger charge is 2.47. The van der Waals surface area contributed by atoms with Crippen molar-refractivity contribution >= 4 is 34.9 Å². The minimum Gasteiger partial charge on any atom is -0.449 e. The molecule has 5 atom stereocenters. The van der Waals surface area contributed by atoms with Gasteiger partial charge in [-0.25, -0.2) is 19.7 Å². The van der Waals surface area contributed by atoms with Crippen molar-refractivity contribution in [2.45, 2.75) is 57.1 Å². The van der Waals surface area contributed by atoms with E-state index in [1.165, 1.54) is 10.9 Å². The maximum absolute atomic E-state index is 12.4. The van der Waals surface area contributed by atoms with E-state index in [4.69, 9.17) is 15.2 Å². The van der Waals surface area contributed by atoms with Gasteiger partial charge in [-0.05, 0) is 25.7 Å². The van der Waals surface area contributed by atoms with Crippen molar-refractivity contribution in [3.8, 4) is 0 Å². The maximum atomic E-state index is 12.4. The minimum atomic E-state index is -1.42. The standard InChI is InChI=1S/C24H34N8O7/c1-2-26-22(36)19-17(34)18(35)23(39-19)32-11-28-16-20(25)29-14(30-21(16)32)7-12-3-5-31(6-4-12)24(37)38-10-13-8-15(33)27-9-13/h11-13,17-19,23,34-35H,2-10H2,1H3,(H,26,36)(H,27,33)(H2,25,29,30)/t13?,17?,18?,19-,23+/m0/s1. The zero-order chi connectivity index (χ0) is 27.7. The van der Waals surface area contributed by atoms with Crippen LogP contribution in [0.5, 0.6) is 0 Å². The summed E-state index contributed by atoms with van der Waals surface area (Å²) in [5.41, 5.74) is 6.81. The predicted molar refractivity (Wildman–Crippen MR) is 135 cm³/mol. The largest absolute Gasteiger partial charge is 0.449 e. The quantitative estimate of drug-likeness (QED) is 0.275. The predicted octanol–water partition coefficient (Wildman–Crippen LogP) is -1.31. The minimum absolute atomic E-state index is 0.0170. The number of aliphatic hydroxyl groups excluding tert-OH is 2. The fraction of sp³-hybridized carbons (Fsp3) is 0.667. The Balaban J connectivity index is 1.21. The van der Waals surface area contributed by atoms with Crippen molar-refractivity contribution < 1.29 is 34.1 Å². The molecule has 0 radical (unpaired) electrons. The smallest absolute Gasteiger partial charge is 0.409 e. The molecule has 3 fully saturated rings. The molecule has 2 aromatic rings. The first-order chi connectivity index (χ1) is 18.7. The summed E-state index contributed by atoms with van der Waals surface area (Å²) in [6, 6.07) is 0. The Kier molecular flexibility index (Phi) is 7.81. The van der Waals surface area contributed by atoms with Crippen LogP contribution >= 0.6 is 0 Å². The summed E-state index contributed by atoms with van der Waals surface area (Å²) in [6.07, 6.45) is -1.78. The molecule has 5 rings (SSSR count). The van der Waals surface area contributed by atoms with E-state index in [0.717, 1.165) is 12.8 Å². The Morgan fingerprint density at radius 3 is 2.69 bits per heavy atom. The number of nitrogens with zero attached hydrogens (tertiary/aromatic N) is 5. The van der Waals surface area contributed by atoms with Crippen LogP contribution in [0, 0.1) is 11.8 Å². The summed E-state index contributed by atoms with van der Waals surface area (Å²) in [7, 11) is 0. The third-order valence-electron chi connectivity index (χ3n) is 7.47. The van der Waals surface area contributed by atoms with Crippen molar-refractivity contribution in [3.63, 3.8) is 0 Å². The van der Waals surface area contributed by atoms with Crippen LogP contribution in [0.3, 0.4) is 0 Å². The van der Waals surface area contributed by atoms with Gasteiger partial charge in [-0.15, -0.1) is 0 Å². The van der Waals surface area contributed by atoms with Crippen LogP contribution in [0.4, 0.5) is 10.6 Å². The maximum Gasteiger partial charge on any atom is 0.409 e. The number of ether oxygens (including phenoxy) is 2. The van der Waals surface area contributed by atoms with Crippen LogP contribution in [-0.2, 0) is 25.5 Å². The summed E-state index contributed by atoms with van der Waals surface area (Å²) in [6.45, 7) is 3.91. The number of likely N-dealkylation sites (N-methyl/N-ethyl adjacent to an activating group) is 1. The Morgan fingerprint density at radius 1 is 1.23 bits per heavy atom. The van der Waals surface area contributed by atoms with Gasteiger partial charge in [0.2, 0.25) is 5.91 Å². The van der Waals surface area contributed by atoms with Crippen LogP contribution in [0.15, 0.2) is 6.33 Å². The van der Waals surface area contributed by atoms with Gasteiger partial charge in [0, 0.05) is 44.9 Å². The summed E-state index contributed by atoms with van der Waals surface area (Å²) < 4.78 is 12.6. The van der Waals surface area contributed by atoms with E-state index in [1.54, 1.807) is 11.8 Å². The van der Waals surface area contributed by atoms with Gasteiger partial charge in [-0.2, -0.15) is 0 Å². The Labute approximate surface area is 224 Å². The zero-order valence-corrected chi connectivity index (χ0v) is 21.7. The fourth-order valence-electron chi connectivity index (χ4n) is 5.28. The van der Waals surface area contributed by atoms with Crippen molar-refractivity contribution in [2.75, 3.05) is 38.5 Å². The summed E-state index contributed by atoms with van der Waals surface area (Å²) in [5, 5.41) is 26.3. The third kappa shape index (κ3) is 5.60. The Hall–Kier alpha value is -3.56. The summed E-state index contributed by atoms with van der Waals surface area (Å²) in [5.74, 6) is 0.331.